The molecule has 1 aromatic heterocycles. The van der Waals surface area contributed by atoms with Crippen LogP contribution in [0.15, 0.2) is 6.07 Å². The van der Waals surface area contributed by atoms with Crippen molar-refractivity contribution in [3.8, 4) is 0 Å². The van der Waals surface area contributed by atoms with Crippen LogP contribution in [0.3, 0.4) is 0 Å². The Morgan fingerprint density at radius 2 is 2.13 bits per heavy atom. The van der Waals surface area contributed by atoms with E-state index in [0.29, 0.717) is 0 Å². The largest absolute Gasteiger partial charge is 0.370 e. The SMILES string of the molecule is CCC(N)CCNc1cc(C)nc(C)n1. The van der Waals surface area contributed by atoms with Crippen molar-refractivity contribution in [3.63, 3.8) is 0 Å². The monoisotopic (exact) mass is 208 g/mol. The Balaban J connectivity index is 2.43. The van der Waals surface area contributed by atoms with Crippen molar-refractivity contribution in [1.82, 2.24) is 9.97 Å². The molecule has 0 aliphatic heterocycles. The second kappa shape index (κ2) is 5.66. The van der Waals surface area contributed by atoms with E-state index in [9.17, 15) is 0 Å². The topological polar surface area (TPSA) is 63.8 Å². The fraction of sp³-hybridized carbons (Fsp3) is 0.636. The van der Waals surface area contributed by atoms with Gasteiger partial charge in [-0.05, 0) is 26.7 Å². The number of hydrogen-bond acceptors (Lipinski definition) is 4. The van der Waals surface area contributed by atoms with Crippen LogP contribution < -0.4 is 11.1 Å². The second-order valence-corrected chi connectivity index (χ2v) is 3.83. The van der Waals surface area contributed by atoms with Crippen molar-refractivity contribution in [2.75, 3.05) is 11.9 Å². The maximum atomic E-state index is 5.82. The van der Waals surface area contributed by atoms with Gasteiger partial charge in [-0.2, -0.15) is 0 Å². The van der Waals surface area contributed by atoms with Gasteiger partial charge in [0.2, 0.25) is 0 Å². The molecule has 1 aromatic rings. The van der Waals surface area contributed by atoms with Crippen LogP contribution in [0.1, 0.15) is 31.3 Å². The normalized spacial score (nSPS) is 12.5. The lowest BCUT2D eigenvalue weighted by molar-refractivity contribution is 0.613. The van der Waals surface area contributed by atoms with Crippen molar-refractivity contribution in [3.05, 3.63) is 17.6 Å². The van der Waals surface area contributed by atoms with E-state index in [1.54, 1.807) is 0 Å². The van der Waals surface area contributed by atoms with Gasteiger partial charge in [0.25, 0.3) is 0 Å². The number of nitrogens with zero attached hydrogens (tertiary/aromatic N) is 2. The van der Waals surface area contributed by atoms with E-state index in [2.05, 4.69) is 22.2 Å². The van der Waals surface area contributed by atoms with Gasteiger partial charge in [-0.25, -0.2) is 9.97 Å². The van der Waals surface area contributed by atoms with E-state index in [0.717, 1.165) is 36.7 Å². The van der Waals surface area contributed by atoms with Crippen LogP contribution in [0, 0.1) is 13.8 Å². The Kier molecular flexibility index (Phi) is 4.49. The quantitative estimate of drug-likeness (QED) is 0.772. The Hall–Kier alpha value is -1.16. The van der Waals surface area contributed by atoms with Crippen LogP contribution in [-0.4, -0.2) is 22.6 Å². The summed E-state index contributed by atoms with van der Waals surface area (Å²) in [7, 11) is 0. The highest BCUT2D eigenvalue weighted by Crippen LogP contribution is 2.05. The molecule has 0 aliphatic carbocycles. The van der Waals surface area contributed by atoms with Crippen molar-refractivity contribution < 1.29 is 0 Å². The standard InChI is InChI=1S/C11H20N4/c1-4-10(12)5-6-13-11-7-8(2)14-9(3)15-11/h7,10H,4-6,12H2,1-3H3,(H,13,14,15). The molecule has 3 N–H and O–H groups in total. The molecule has 15 heavy (non-hydrogen) atoms. The summed E-state index contributed by atoms with van der Waals surface area (Å²) in [5.74, 6) is 1.69. The first kappa shape index (κ1) is 11.9. The number of nitrogens with one attached hydrogen (secondary N) is 1. The number of hydrogen-bond donors (Lipinski definition) is 2. The smallest absolute Gasteiger partial charge is 0.129 e. The summed E-state index contributed by atoms with van der Waals surface area (Å²) in [5, 5.41) is 3.26. The zero-order valence-corrected chi connectivity index (χ0v) is 9.75. The van der Waals surface area contributed by atoms with E-state index < -0.39 is 0 Å². The van der Waals surface area contributed by atoms with E-state index in [1.807, 2.05) is 19.9 Å². The summed E-state index contributed by atoms with van der Waals surface area (Å²) in [6, 6.07) is 2.23. The number of aryl methyl sites for hydroxylation is 2. The lowest BCUT2D eigenvalue weighted by atomic mass is 10.2. The maximum Gasteiger partial charge on any atom is 0.129 e. The second-order valence-electron chi connectivity index (χ2n) is 3.83. The average molecular weight is 208 g/mol. The molecule has 0 bridgehead atoms. The van der Waals surface area contributed by atoms with E-state index in [-0.39, 0.29) is 6.04 Å². The van der Waals surface area contributed by atoms with Crippen LogP contribution in [-0.2, 0) is 0 Å². The van der Waals surface area contributed by atoms with Crippen LogP contribution in [0.2, 0.25) is 0 Å². The molecule has 0 saturated heterocycles. The molecular formula is C11H20N4. The van der Waals surface area contributed by atoms with Gasteiger partial charge in [0.05, 0.1) is 0 Å². The minimum Gasteiger partial charge on any atom is -0.370 e. The van der Waals surface area contributed by atoms with Gasteiger partial charge in [-0.3, -0.25) is 0 Å². The Bertz CT molecular complexity index is 291. The summed E-state index contributed by atoms with van der Waals surface area (Å²) in [6.07, 6.45) is 1.99. The summed E-state index contributed by atoms with van der Waals surface area (Å²) in [6.45, 7) is 6.84. The van der Waals surface area contributed by atoms with E-state index in [1.165, 1.54) is 0 Å². The molecule has 0 saturated carbocycles. The van der Waals surface area contributed by atoms with Crippen LogP contribution in [0.25, 0.3) is 0 Å². The third-order valence-corrected chi connectivity index (χ3v) is 2.31. The van der Waals surface area contributed by atoms with Gasteiger partial charge < -0.3 is 11.1 Å². The zero-order chi connectivity index (χ0) is 11.3. The van der Waals surface area contributed by atoms with Gasteiger partial charge in [-0.1, -0.05) is 6.92 Å². The Morgan fingerprint density at radius 3 is 2.73 bits per heavy atom. The molecule has 0 radical (unpaired) electrons. The van der Waals surface area contributed by atoms with Crippen LogP contribution in [0.4, 0.5) is 5.82 Å². The molecule has 0 aliphatic rings. The fourth-order valence-corrected chi connectivity index (χ4v) is 1.40. The molecule has 1 heterocycles. The highest BCUT2D eigenvalue weighted by Gasteiger charge is 2.00. The average Bonchev–Trinajstić information content (AvgIpc) is 2.16. The third-order valence-electron chi connectivity index (χ3n) is 2.31. The lowest BCUT2D eigenvalue weighted by Crippen LogP contribution is -2.22. The van der Waals surface area contributed by atoms with Crippen LogP contribution >= 0.6 is 0 Å². The highest BCUT2D eigenvalue weighted by atomic mass is 15.0. The predicted octanol–water partition coefficient (Wildman–Crippen LogP) is 1.63. The molecule has 4 nitrogen and oxygen atoms in total. The molecule has 0 amide bonds. The first-order valence-corrected chi connectivity index (χ1v) is 5.43. The van der Waals surface area contributed by atoms with Gasteiger partial charge in [0.15, 0.2) is 0 Å². The first-order valence-electron chi connectivity index (χ1n) is 5.43. The fourth-order valence-electron chi connectivity index (χ4n) is 1.40. The molecule has 0 aromatic carbocycles. The van der Waals surface area contributed by atoms with Crippen molar-refractivity contribution in [2.24, 2.45) is 5.73 Å². The third kappa shape index (κ3) is 4.25. The minimum absolute atomic E-state index is 0.279. The predicted molar refractivity (Wildman–Crippen MR) is 62.9 cm³/mol. The van der Waals surface area contributed by atoms with Gasteiger partial charge >= 0.3 is 0 Å². The first-order chi connectivity index (χ1) is 7.11. The molecule has 84 valence electrons. The summed E-state index contributed by atoms with van der Waals surface area (Å²) in [5.41, 5.74) is 6.81. The molecule has 0 fully saturated rings. The molecular weight excluding hydrogens is 188 g/mol. The number of rotatable bonds is 5. The zero-order valence-electron chi connectivity index (χ0n) is 9.75. The Labute approximate surface area is 91.3 Å². The molecule has 0 spiro atoms. The summed E-state index contributed by atoms with van der Waals surface area (Å²) < 4.78 is 0. The van der Waals surface area contributed by atoms with Gasteiger partial charge in [0.1, 0.15) is 11.6 Å². The van der Waals surface area contributed by atoms with E-state index in [4.69, 9.17) is 5.73 Å². The number of aromatic nitrogens is 2. The van der Waals surface area contributed by atoms with Crippen molar-refractivity contribution in [2.45, 2.75) is 39.7 Å². The molecule has 1 unspecified atom stereocenters. The molecule has 4 heteroatoms. The lowest BCUT2D eigenvalue weighted by Gasteiger charge is -2.10. The Morgan fingerprint density at radius 1 is 1.40 bits per heavy atom. The highest BCUT2D eigenvalue weighted by molar-refractivity contribution is 5.35. The summed E-state index contributed by atoms with van der Waals surface area (Å²) >= 11 is 0. The van der Waals surface area contributed by atoms with Crippen molar-refractivity contribution >= 4 is 5.82 Å². The van der Waals surface area contributed by atoms with E-state index >= 15 is 0 Å². The van der Waals surface area contributed by atoms with Gasteiger partial charge in [-0.15, -0.1) is 0 Å². The number of anilines is 1. The number of nitrogens with two attached hydrogens (primary N) is 1. The maximum absolute atomic E-state index is 5.82. The van der Waals surface area contributed by atoms with Gasteiger partial charge in [0, 0.05) is 24.3 Å². The molecule has 1 rings (SSSR count). The summed E-state index contributed by atoms with van der Waals surface area (Å²) in [4.78, 5) is 8.51. The van der Waals surface area contributed by atoms with Crippen LogP contribution in [0.5, 0.6) is 0 Å². The molecule has 1 atom stereocenters. The minimum atomic E-state index is 0.279. The van der Waals surface area contributed by atoms with Crippen molar-refractivity contribution in [1.29, 1.82) is 0 Å².